The van der Waals surface area contributed by atoms with Crippen LogP contribution in [0.15, 0.2) is 45.2 Å². The molecule has 0 fully saturated rings. The summed E-state index contributed by atoms with van der Waals surface area (Å²) in [6.07, 6.45) is 3.50. The zero-order valence-corrected chi connectivity index (χ0v) is 10.4. The Morgan fingerprint density at radius 2 is 2.07 bits per heavy atom. The maximum atomic E-state index is 4.30. The highest BCUT2D eigenvalue weighted by Gasteiger charge is 2.04. The van der Waals surface area contributed by atoms with Gasteiger partial charge in [0.15, 0.2) is 5.16 Å². The molecule has 0 spiro atoms. The Bertz CT molecular complexity index is 476. The first-order valence-electron chi connectivity index (χ1n) is 4.34. The molecule has 0 N–H and O–H groups in total. The number of aryl methyl sites for hydroxylation is 1. The van der Waals surface area contributed by atoms with E-state index in [4.69, 9.17) is 0 Å². The van der Waals surface area contributed by atoms with Gasteiger partial charge in [-0.25, -0.2) is 15.0 Å². The van der Waals surface area contributed by atoms with E-state index in [-0.39, 0.29) is 0 Å². The van der Waals surface area contributed by atoms with Crippen LogP contribution in [-0.2, 0) is 0 Å². The van der Waals surface area contributed by atoms with Crippen LogP contribution in [-0.4, -0.2) is 15.0 Å². The molecular formula is C10H8BrN3S. The lowest BCUT2D eigenvalue weighted by molar-refractivity contribution is 0.926. The molecule has 2 heterocycles. The SMILES string of the molecule is Cc1ccnc(Sc2ncccc2Br)n1. The Balaban J connectivity index is 2.26. The van der Waals surface area contributed by atoms with Gasteiger partial charge in [-0.05, 0) is 52.8 Å². The summed E-state index contributed by atoms with van der Waals surface area (Å²) in [6.45, 7) is 1.94. The van der Waals surface area contributed by atoms with Crippen molar-refractivity contribution in [2.45, 2.75) is 17.1 Å². The van der Waals surface area contributed by atoms with Crippen molar-refractivity contribution in [2.24, 2.45) is 0 Å². The topological polar surface area (TPSA) is 38.7 Å². The third-order valence-electron chi connectivity index (χ3n) is 1.69. The van der Waals surface area contributed by atoms with Crippen molar-refractivity contribution in [2.75, 3.05) is 0 Å². The van der Waals surface area contributed by atoms with Crippen LogP contribution in [0.25, 0.3) is 0 Å². The molecule has 0 bridgehead atoms. The Labute approximate surface area is 101 Å². The van der Waals surface area contributed by atoms with Gasteiger partial charge in [0.1, 0.15) is 5.03 Å². The maximum Gasteiger partial charge on any atom is 0.194 e. The fourth-order valence-corrected chi connectivity index (χ4v) is 2.26. The molecule has 0 aromatic carbocycles. The Morgan fingerprint density at radius 3 is 2.80 bits per heavy atom. The molecule has 15 heavy (non-hydrogen) atoms. The minimum Gasteiger partial charge on any atom is -0.248 e. The van der Waals surface area contributed by atoms with Crippen LogP contribution in [0, 0.1) is 6.92 Å². The number of hydrogen-bond acceptors (Lipinski definition) is 4. The van der Waals surface area contributed by atoms with Crippen molar-refractivity contribution in [3.8, 4) is 0 Å². The highest BCUT2D eigenvalue weighted by atomic mass is 79.9. The first-order chi connectivity index (χ1) is 7.25. The smallest absolute Gasteiger partial charge is 0.194 e. The zero-order valence-electron chi connectivity index (χ0n) is 8.01. The van der Waals surface area contributed by atoms with E-state index in [2.05, 4.69) is 30.9 Å². The summed E-state index contributed by atoms with van der Waals surface area (Å²) in [6, 6.07) is 5.70. The molecule has 3 nitrogen and oxygen atoms in total. The Hall–Kier alpha value is -0.940. The largest absolute Gasteiger partial charge is 0.248 e. The maximum absolute atomic E-state index is 4.30. The Kier molecular flexibility index (Phi) is 3.33. The molecule has 0 amide bonds. The fraction of sp³-hybridized carbons (Fsp3) is 0.100. The summed E-state index contributed by atoms with van der Waals surface area (Å²) in [4.78, 5) is 12.7. The van der Waals surface area contributed by atoms with Gasteiger partial charge >= 0.3 is 0 Å². The van der Waals surface area contributed by atoms with Crippen LogP contribution >= 0.6 is 27.7 Å². The van der Waals surface area contributed by atoms with E-state index in [9.17, 15) is 0 Å². The average molecular weight is 282 g/mol. The van der Waals surface area contributed by atoms with E-state index in [1.165, 1.54) is 11.8 Å². The summed E-state index contributed by atoms with van der Waals surface area (Å²) in [7, 11) is 0. The molecule has 0 aliphatic heterocycles. The van der Waals surface area contributed by atoms with Gasteiger partial charge in [0, 0.05) is 18.1 Å². The van der Waals surface area contributed by atoms with Crippen LogP contribution in [0.5, 0.6) is 0 Å². The van der Waals surface area contributed by atoms with E-state index in [0.29, 0.717) is 0 Å². The number of pyridine rings is 1. The van der Waals surface area contributed by atoms with Crippen LogP contribution in [0.1, 0.15) is 5.69 Å². The Morgan fingerprint density at radius 1 is 1.20 bits per heavy atom. The molecular weight excluding hydrogens is 274 g/mol. The van der Waals surface area contributed by atoms with Crippen molar-refractivity contribution in [1.82, 2.24) is 15.0 Å². The molecule has 0 saturated carbocycles. The van der Waals surface area contributed by atoms with Gasteiger partial charge in [0.25, 0.3) is 0 Å². The molecule has 0 unspecified atom stereocenters. The van der Waals surface area contributed by atoms with Gasteiger partial charge in [-0.2, -0.15) is 0 Å². The van der Waals surface area contributed by atoms with E-state index in [1.807, 2.05) is 25.1 Å². The summed E-state index contributed by atoms with van der Waals surface area (Å²) in [5, 5.41) is 1.59. The second-order valence-electron chi connectivity index (χ2n) is 2.87. The highest BCUT2D eigenvalue weighted by Crippen LogP contribution is 2.28. The van der Waals surface area contributed by atoms with E-state index in [1.54, 1.807) is 12.4 Å². The number of halogens is 1. The van der Waals surface area contributed by atoms with Crippen molar-refractivity contribution < 1.29 is 0 Å². The predicted octanol–water partition coefficient (Wildman–Crippen LogP) is 3.09. The minimum atomic E-state index is 0.717. The van der Waals surface area contributed by atoms with Crippen LogP contribution < -0.4 is 0 Å². The fourth-order valence-electron chi connectivity index (χ4n) is 1.01. The normalized spacial score (nSPS) is 10.3. The predicted molar refractivity (Wildman–Crippen MR) is 62.8 cm³/mol. The lowest BCUT2D eigenvalue weighted by Gasteiger charge is -2.01. The average Bonchev–Trinajstić information content (AvgIpc) is 2.22. The lowest BCUT2D eigenvalue weighted by atomic mass is 10.5. The molecule has 0 radical (unpaired) electrons. The second-order valence-corrected chi connectivity index (χ2v) is 4.68. The van der Waals surface area contributed by atoms with Gasteiger partial charge in [-0.15, -0.1) is 0 Å². The minimum absolute atomic E-state index is 0.717. The van der Waals surface area contributed by atoms with Crippen molar-refractivity contribution in [3.05, 3.63) is 40.8 Å². The molecule has 76 valence electrons. The molecule has 0 saturated heterocycles. The zero-order chi connectivity index (χ0) is 10.7. The van der Waals surface area contributed by atoms with Crippen LogP contribution in [0.3, 0.4) is 0 Å². The van der Waals surface area contributed by atoms with Crippen LogP contribution in [0.2, 0.25) is 0 Å². The van der Waals surface area contributed by atoms with Gasteiger partial charge in [-0.1, -0.05) is 0 Å². The molecule has 0 atom stereocenters. The number of rotatable bonds is 2. The number of hydrogen-bond donors (Lipinski definition) is 0. The third kappa shape index (κ3) is 2.76. The summed E-state index contributed by atoms with van der Waals surface area (Å²) in [5.74, 6) is 0. The molecule has 2 aromatic heterocycles. The van der Waals surface area contributed by atoms with Crippen molar-refractivity contribution in [3.63, 3.8) is 0 Å². The second kappa shape index (κ2) is 4.72. The highest BCUT2D eigenvalue weighted by molar-refractivity contribution is 9.10. The molecule has 0 aliphatic carbocycles. The van der Waals surface area contributed by atoms with Crippen molar-refractivity contribution >= 4 is 27.7 Å². The standard InChI is InChI=1S/C10H8BrN3S/c1-7-4-6-13-10(14-7)15-9-8(11)3-2-5-12-9/h2-6H,1H3. The first-order valence-corrected chi connectivity index (χ1v) is 5.94. The number of nitrogens with zero attached hydrogens (tertiary/aromatic N) is 3. The first kappa shape index (κ1) is 10.6. The van der Waals surface area contributed by atoms with E-state index in [0.717, 1.165) is 20.3 Å². The van der Waals surface area contributed by atoms with Crippen LogP contribution in [0.4, 0.5) is 0 Å². The van der Waals surface area contributed by atoms with Gasteiger partial charge in [0.05, 0.1) is 4.47 Å². The summed E-state index contributed by atoms with van der Waals surface area (Å²) in [5.41, 5.74) is 0.958. The van der Waals surface area contributed by atoms with Gasteiger partial charge < -0.3 is 0 Å². The summed E-state index contributed by atoms with van der Waals surface area (Å²) < 4.78 is 0.958. The number of aromatic nitrogens is 3. The monoisotopic (exact) mass is 281 g/mol. The molecule has 2 rings (SSSR count). The molecule has 5 heteroatoms. The lowest BCUT2D eigenvalue weighted by Crippen LogP contribution is -1.89. The molecule has 0 aliphatic rings. The van der Waals surface area contributed by atoms with E-state index < -0.39 is 0 Å². The molecule has 2 aromatic rings. The van der Waals surface area contributed by atoms with Crippen molar-refractivity contribution in [1.29, 1.82) is 0 Å². The third-order valence-corrected chi connectivity index (χ3v) is 3.49. The van der Waals surface area contributed by atoms with Gasteiger partial charge in [0.2, 0.25) is 0 Å². The summed E-state index contributed by atoms with van der Waals surface area (Å²) >= 11 is 4.88. The quantitative estimate of drug-likeness (QED) is 0.793. The van der Waals surface area contributed by atoms with E-state index >= 15 is 0 Å². The van der Waals surface area contributed by atoms with Gasteiger partial charge in [-0.3, -0.25) is 0 Å².